The molecule has 1 amide bonds. The molecule has 1 heterocycles. The molecule has 10 heteroatoms. The van der Waals surface area contributed by atoms with Crippen molar-refractivity contribution in [3.63, 3.8) is 0 Å². The molecule has 0 aliphatic carbocycles. The van der Waals surface area contributed by atoms with Crippen LogP contribution in [0.4, 0.5) is 11.4 Å². The van der Waals surface area contributed by atoms with Crippen molar-refractivity contribution in [1.82, 2.24) is 4.98 Å². The quantitative estimate of drug-likeness (QED) is 0.292. The molecule has 0 aliphatic heterocycles. The van der Waals surface area contributed by atoms with Gasteiger partial charge in [0, 0.05) is 29.2 Å². The Labute approximate surface area is 226 Å². The Morgan fingerprint density at radius 3 is 2.13 bits per heavy atom. The molecule has 4 aromatic rings. The lowest BCUT2D eigenvalue weighted by atomic mass is 10.1. The normalized spacial score (nSPS) is 11.0. The highest BCUT2D eigenvalue weighted by molar-refractivity contribution is 7.92. The Balaban J connectivity index is 1.56. The summed E-state index contributed by atoms with van der Waals surface area (Å²) in [4.78, 5) is 17.0. The number of aromatic nitrogens is 1. The van der Waals surface area contributed by atoms with Crippen LogP contribution in [0.1, 0.15) is 11.1 Å². The molecule has 1 aromatic heterocycles. The zero-order valence-corrected chi connectivity index (χ0v) is 22.4. The highest BCUT2D eigenvalue weighted by atomic mass is 35.5. The summed E-state index contributed by atoms with van der Waals surface area (Å²) in [6.07, 6.45) is 4.21. The van der Waals surface area contributed by atoms with Crippen LogP contribution in [0.5, 0.6) is 11.5 Å². The van der Waals surface area contributed by atoms with Gasteiger partial charge in [-0.05, 0) is 78.2 Å². The number of rotatable bonds is 10. The SMILES string of the molecule is COc1ccc(S(=O)(=O)N(CC(=O)Nc2ccc(Cc3ccncc3)cc2)c2ccc(Cl)cc2)cc1OC. The largest absolute Gasteiger partial charge is 0.493 e. The predicted octanol–water partition coefficient (Wildman–Crippen LogP) is 5.18. The summed E-state index contributed by atoms with van der Waals surface area (Å²) in [6, 6.07) is 21.7. The molecule has 38 heavy (non-hydrogen) atoms. The second kappa shape index (κ2) is 12.0. The van der Waals surface area contributed by atoms with Crippen molar-refractivity contribution in [3.05, 3.63) is 107 Å². The van der Waals surface area contributed by atoms with E-state index in [0.29, 0.717) is 16.5 Å². The molecule has 0 aliphatic rings. The summed E-state index contributed by atoms with van der Waals surface area (Å²) in [5.41, 5.74) is 3.02. The van der Waals surface area contributed by atoms with Gasteiger partial charge in [0.15, 0.2) is 11.5 Å². The zero-order chi connectivity index (χ0) is 27.1. The van der Waals surface area contributed by atoms with Crippen LogP contribution in [0.15, 0.2) is 96.2 Å². The van der Waals surface area contributed by atoms with E-state index in [4.69, 9.17) is 21.1 Å². The molecule has 0 radical (unpaired) electrons. The highest BCUT2D eigenvalue weighted by Gasteiger charge is 2.28. The van der Waals surface area contributed by atoms with Gasteiger partial charge in [-0.25, -0.2) is 8.42 Å². The van der Waals surface area contributed by atoms with Crippen LogP contribution in [-0.2, 0) is 21.2 Å². The lowest BCUT2D eigenvalue weighted by Crippen LogP contribution is -2.38. The average Bonchev–Trinajstić information content (AvgIpc) is 2.93. The molecule has 0 fully saturated rings. The summed E-state index contributed by atoms with van der Waals surface area (Å²) < 4.78 is 38.9. The summed E-state index contributed by atoms with van der Waals surface area (Å²) in [7, 11) is -1.29. The molecule has 0 bridgehead atoms. The molecule has 0 unspecified atom stereocenters. The van der Waals surface area contributed by atoms with Crippen LogP contribution in [-0.4, -0.2) is 40.1 Å². The molecule has 1 N–H and O–H groups in total. The first-order valence-electron chi connectivity index (χ1n) is 11.6. The van der Waals surface area contributed by atoms with E-state index in [0.717, 1.165) is 21.9 Å². The lowest BCUT2D eigenvalue weighted by molar-refractivity contribution is -0.114. The number of sulfonamides is 1. The Bertz CT molecular complexity index is 1500. The van der Waals surface area contributed by atoms with Gasteiger partial charge in [-0.3, -0.25) is 14.1 Å². The molecule has 0 saturated heterocycles. The molecular weight excluding hydrogens is 526 g/mol. The van der Waals surface area contributed by atoms with Crippen molar-refractivity contribution in [2.24, 2.45) is 0 Å². The standard InChI is InChI=1S/C28H26ClN3O5S/c1-36-26-12-11-25(18-27(26)37-2)38(34,35)32(24-9-5-22(29)6-10-24)19-28(33)31-23-7-3-20(4-8-23)17-21-13-15-30-16-14-21/h3-16,18H,17,19H2,1-2H3,(H,31,33). The fourth-order valence-corrected chi connectivity index (χ4v) is 5.36. The Kier molecular flexibility index (Phi) is 8.50. The van der Waals surface area contributed by atoms with Gasteiger partial charge in [-0.1, -0.05) is 23.7 Å². The van der Waals surface area contributed by atoms with Gasteiger partial charge in [-0.2, -0.15) is 0 Å². The number of amides is 1. The van der Waals surface area contributed by atoms with Crippen molar-refractivity contribution >= 4 is 38.9 Å². The maximum Gasteiger partial charge on any atom is 0.264 e. The second-order valence-electron chi connectivity index (χ2n) is 8.28. The van der Waals surface area contributed by atoms with E-state index >= 15 is 0 Å². The van der Waals surface area contributed by atoms with Gasteiger partial charge in [0.1, 0.15) is 6.54 Å². The van der Waals surface area contributed by atoms with E-state index in [1.807, 2.05) is 24.3 Å². The van der Waals surface area contributed by atoms with Gasteiger partial charge >= 0.3 is 0 Å². The van der Waals surface area contributed by atoms with E-state index in [1.54, 1.807) is 48.8 Å². The minimum Gasteiger partial charge on any atom is -0.493 e. The van der Waals surface area contributed by atoms with Crippen LogP contribution in [0, 0.1) is 0 Å². The van der Waals surface area contributed by atoms with E-state index < -0.39 is 22.5 Å². The highest BCUT2D eigenvalue weighted by Crippen LogP contribution is 2.32. The second-order valence-corrected chi connectivity index (χ2v) is 10.6. The number of hydrogen-bond donors (Lipinski definition) is 1. The van der Waals surface area contributed by atoms with Crippen molar-refractivity contribution in [1.29, 1.82) is 0 Å². The van der Waals surface area contributed by atoms with E-state index in [9.17, 15) is 13.2 Å². The molecular formula is C28H26ClN3O5S. The third-order valence-corrected chi connectivity index (χ3v) is 7.76. The van der Waals surface area contributed by atoms with Crippen molar-refractivity contribution in [2.45, 2.75) is 11.3 Å². The first-order chi connectivity index (χ1) is 18.3. The first-order valence-corrected chi connectivity index (χ1v) is 13.4. The van der Waals surface area contributed by atoms with Crippen LogP contribution in [0.3, 0.4) is 0 Å². The Morgan fingerprint density at radius 1 is 0.868 bits per heavy atom. The topological polar surface area (TPSA) is 97.8 Å². The smallest absolute Gasteiger partial charge is 0.264 e. The summed E-state index contributed by atoms with van der Waals surface area (Å²) in [5.74, 6) is 0.126. The van der Waals surface area contributed by atoms with E-state index in [-0.39, 0.29) is 16.3 Å². The van der Waals surface area contributed by atoms with Crippen molar-refractivity contribution < 1.29 is 22.7 Å². The maximum absolute atomic E-state index is 13.7. The minimum atomic E-state index is -4.16. The van der Waals surface area contributed by atoms with E-state index in [2.05, 4.69) is 10.3 Å². The molecule has 0 saturated carbocycles. The summed E-state index contributed by atoms with van der Waals surface area (Å²) in [5, 5.41) is 3.22. The van der Waals surface area contributed by atoms with Crippen molar-refractivity contribution in [2.75, 3.05) is 30.4 Å². The fourth-order valence-electron chi connectivity index (χ4n) is 3.80. The number of ether oxygens (including phenoxy) is 2. The Morgan fingerprint density at radius 2 is 1.50 bits per heavy atom. The third-order valence-electron chi connectivity index (χ3n) is 5.74. The molecule has 196 valence electrons. The van der Waals surface area contributed by atoms with Gasteiger partial charge in [0.25, 0.3) is 10.0 Å². The number of nitrogens with zero attached hydrogens (tertiary/aromatic N) is 2. The first kappa shape index (κ1) is 27.0. The van der Waals surface area contributed by atoms with Gasteiger partial charge in [-0.15, -0.1) is 0 Å². The number of carbonyl (C=O) groups is 1. The van der Waals surface area contributed by atoms with Crippen LogP contribution >= 0.6 is 11.6 Å². The monoisotopic (exact) mass is 551 g/mol. The van der Waals surface area contributed by atoms with Crippen LogP contribution in [0.25, 0.3) is 0 Å². The summed E-state index contributed by atoms with van der Waals surface area (Å²) >= 11 is 6.02. The fraction of sp³-hybridized carbons (Fsp3) is 0.143. The molecule has 3 aromatic carbocycles. The number of nitrogens with one attached hydrogen (secondary N) is 1. The molecule has 8 nitrogen and oxygen atoms in total. The van der Waals surface area contributed by atoms with Gasteiger partial charge < -0.3 is 14.8 Å². The lowest BCUT2D eigenvalue weighted by Gasteiger charge is -2.24. The molecule has 0 spiro atoms. The maximum atomic E-state index is 13.7. The predicted molar refractivity (Wildman–Crippen MR) is 148 cm³/mol. The van der Waals surface area contributed by atoms with Crippen LogP contribution < -0.4 is 19.1 Å². The summed E-state index contributed by atoms with van der Waals surface area (Å²) in [6.45, 7) is -0.461. The number of anilines is 2. The average molecular weight is 552 g/mol. The number of methoxy groups -OCH3 is 2. The Hall–Kier alpha value is -4.08. The van der Waals surface area contributed by atoms with Crippen molar-refractivity contribution in [3.8, 4) is 11.5 Å². The minimum absolute atomic E-state index is 0.0571. The number of carbonyl (C=O) groups excluding carboxylic acids is 1. The number of pyridine rings is 1. The molecule has 0 atom stereocenters. The number of hydrogen-bond acceptors (Lipinski definition) is 6. The number of halogens is 1. The van der Waals surface area contributed by atoms with Crippen LogP contribution in [0.2, 0.25) is 5.02 Å². The number of benzene rings is 3. The van der Waals surface area contributed by atoms with Gasteiger partial charge in [0.2, 0.25) is 5.91 Å². The van der Waals surface area contributed by atoms with E-state index in [1.165, 1.54) is 32.4 Å². The third kappa shape index (κ3) is 6.42. The zero-order valence-electron chi connectivity index (χ0n) is 20.8. The van der Waals surface area contributed by atoms with Gasteiger partial charge in [0.05, 0.1) is 24.8 Å². The molecule has 4 rings (SSSR count).